The molecular formula is C23H26F2N6O4. The Morgan fingerprint density at radius 3 is 2.60 bits per heavy atom. The third-order valence-electron chi connectivity index (χ3n) is 5.06. The Hall–Kier alpha value is -4.32. The van der Waals surface area contributed by atoms with Gasteiger partial charge in [-0.25, -0.2) is 19.2 Å². The maximum atomic E-state index is 15.3. The van der Waals surface area contributed by atoms with Crippen LogP contribution in [0.1, 0.15) is 12.5 Å². The number of anilines is 2. The van der Waals surface area contributed by atoms with Crippen LogP contribution in [0.2, 0.25) is 0 Å². The number of hydrogen-bond acceptors (Lipinski definition) is 8. The SMILES string of the molecule is CC1=C(F)C(Oc2cc(C(=N)N)ccc2N)N(NCC(=O)O)C(Oc2cccc(N(C)C)c2)=C1F. The van der Waals surface area contributed by atoms with E-state index in [-0.39, 0.29) is 28.6 Å². The Kier molecular flexibility index (Phi) is 7.45. The summed E-state index contributed by atoms with van der Waals surface area (Å²) in [6.45, 7) is 0.498. The number of nitrogens with two attached hydrogens (primary N) is 2. The normalized spacial score (nSPS) is 15.8. The van der Waals surface area contributed by atoms with E-state index in [1.807, 2.05) is 14.1 Å². The van der Waals surface area contributed by atoms with Crippen LogP contribution in [0.5, 0.6) is 11.5 Å². The second kappa shape index (κ2) is 10.3. The van der Waals surface area contributed by atoms with E-state index in [4.69, 9.17) is 31.5 Å². The first-order valence-corrected chi connectivity index (χ1v) is 10.4. The van der Waals surface area contributed by atoms with E-state index >= 15 is 8.78 Å². The zero-order valence-electron chi connectivity index (χ0n) is 19.3. The van der Waals surface area contributed by atoms with E-state index in [1.165, 1.54) is 25.1 Å². The first-order chi connectivity index (χ1) is 16.5. The van der Waals surface area contributed by atoms with Crippen molar-refractivity contribution in [1.82, 2.24) is 10.4 Å². The summed E-state index contributed by atoms with van der Waals surface area (Å²) in [7, 11) is 3.62. The number of benzene rings is 2. The molecule has 1 aliphatic rings. The lowest BCUT2D eigenvalue weighted by Gasteiger charge is -2.36. The molecule has 2 aromatic rings. The molecule has 0 amide bonds. The van der Waals surface area contributed by atoms with Crippen molar-refractivity contribution in [2.24, 2.45) is 5.73 Å². The molecule has 1 aliphatic heterocycles. The lowest BCUT2D eigenvalue weighted by Crippen LogP contribution is -2.53. The molecule has 0 aliphatic carbocycles. The number of halogens is 2. The van der Waals surface area contributed by atoms with Gasteiger partial charge in [-0.2, -0.15) is 0 Å². The summed E-state index contributed by atoms with van der Waals surface area (Å²) >= 11 is 0. The van der Waals surface area contributed by atoms with Gasteiger partial charge in [-0.15, -0.1) is 0 Å². The highest BCUT2D eigenvalue weighted by atomic mass is 19.1. The molecular weight excluding hydrogens is 462 g/mol. The van der Waals surface area contributed by atoms with Crippen LogP contribution in [0.25, 0.3) is 0 Å². The standard InChI is InChI=1S/C23H26F2N6O4/c1-12-19(24)22(34-15-6-4-5-14(10-15)30(2)3)31(29-11-18(32)33)23(20(12)25)35-17-9-13(21(27)28)7-8-16(17)26/h4-10,23,29H,11,26H2,1-3H3,(H3,27,28)(H,32,33). The van der Waals surface area contributed by atoms with Gasteiger partial charge in [0.05, 0.1) is 5.69 Å². The van der Waals surface area contributed by atoms with Gasteiger partial charge in [0.1, 0.15) is 23.9 Å². The minimum atomic E-state index is -1.69. The number of rotatable bonds is 9. The van der Waals surface area contributed by atoms with E-state index in [1.54, 1.807) is 29.2 Å². The summed E-state index contributed by atoms with van der Waals surface area (Å²) in [5.41, 5.74) is 14.6. The Balaban J connectivity index is 2.05. The number of ether oxygens (including phenoxy) is 2. The number of aliphatic carboxylic acids is 1. The van der Waals surface area contributed by atoms with Crippen LogP contribution in [-0.4, -0.2) is 48.8 Å². The van der Waals surface area contributed by atoms with Crippen LogP contribution in [0, 0.1) is 5.41 Å². The lowest BCUT2D eigenvalue weighted by molar-refractivity contribution is -0.137. The first kappa shape index (κ1) is 25.3. The van der Waals surface area contributed by atoms with Crippen molar-refractivity contribution in [3.63, 3.8) is 0 Å². The molecule has 0 fully saturated rings. The van der Waals surface area contributed by atoms with E-state index in [0.29, 0.717) is 0 Å². The van der Waals surface area contributed by atoms with Gasteiger partial charge < -0.3 is 30.9 Å². The van der Waals surface area contributed by atoms with Crippen LogP contribution in [0.3, 0.4) is 0 Å². The number of hydrazine groups is 1. The quantitative estimate of drug-likeness (QED) is 0.204. The number of carbonyl (C=O) groups is 1. The molecule has 12 heteroatoms. The number of amidine groups is 1. The predicted molar refractivity (Wildman–Crippen MR) is 127 cm³/mol. The van der Waals surface area contributed by atoms with Gasteiger partial charge in [-0.1, -0.05) is 6.07 Å². The minimum absolute atomic E-state index is 0.0518. The lowest BCUT2D eigenvalue weighted by atomic mass is 10.1. The van der Waals surface area contributed by atoms with E-state index in [9.17, 15) is 4.79 Å². The highest BCUT2D eigenvalue weighted by Crippen LogP contribution is 2.36. The molecule has 0 radical (unpaired) electrons. The largest absolute Gasteiger partial charge is 0.480 e. The second-order valence-corrected chi connectivity index (χ2v) is 7.82. The molecule has 0 saturated carbocycles. The molecule has 10 nitrogen and oxygen atoms in total. The first-order valence-electron chi connectivity index (χ1n) is 10.4. The fraction of sp³-hybridized carbons (Fsp3) is 0.217. The van der Waals surface area contributed by atoms with Gasteiger partial charge in [0.2, 0.25) is 6.23 Å². The van der Waals surface area contributed by atoms with Crippen LogP contribution in [0.15, 0.2) is 65.6 Å². The average molecular weight is 488 g/mol. The van der Waals surface area contributed by atoms with Crippen molar-refractivity contribution < 1.29 is 28.2 Å². The maximum absolute atomic E-state index is 15.3. The number of carboxylic acids is 1. The molecule has 1 atom stereocenters. The Labute approximate surface area is 200 Å². The molecule has 0 spiro atoms. The zero-order valence-corrected chi connectivity index (χ0v) is 19.3. The van der Waals surface area contributed by atoms with Crippen molar-refractivity contribution in [2.45, 2.75) is 13.2 Å². The summed E-state index contributed by atoms with van der Waals surface area (Å²) < 4.78 is 42.1. The molecule has 7 N–H and O–H groups in total. The molecule has 186 valence electrons. The Morgan fingerprint density at radius 1 is 1.26 bits per heavy atom. The second-order valence-electron chi connectivity index (χ2n) is 7.82. The van der Waals surface area contributed by atoms with E-state index < -0.39 is 41.9 Å². The number of nitrogens with zero attached hydrogens (tertiary/aromatic N) is 2. The van der Waals surface area contributed by atoms with Gasteiger partial charge in [-0.3, -0.25) is 10.2 Å². The topological polar surface area (TPSA) is 150 Å². The van der Waals surface area contributed by atoms with Crippen molar-refractivity contribution in [3.05, 3.63) is 71.1 Å². The molecule has 2 aromatic carbocycles. The number of allylic oxidation sites excluding steroid dienone is 2. The zero-order chi connectivity index (χ0) is 25.9. The molecule has 0 bridgehead atoms. The average Bonchev–Trinajstić information content (AvgIpc) is 2.81. The monoisotopic (exact) mass is 488 g/mol. The van der Waals surface area contributed by atoms with Crippen molar-refractivity contribution in [1.29, 1.82) is 5.41 Å². The fourth-order valence-electron chi connectivity index (χ4n) is 3.14. The smallest absolute Gasteiger partial charge is 0.319 e. The highest BCUT2D eigenvalue weighted by Gasteiger charge is 2.39. The minimum Gasteiger partial charge on any atom is -0.480 e. The summed E-state index contributed by atoms with van der Waals surface area (Å²) in [5.74, 6) is -4.00. The van der Waals surface area contributed by atoms with Crippen molar-refractivity contribution in [2.75, 3.05) is 31.3 Å². The van der Waals surface area contributed by atoms with Gasteiger partial charge in [0.25, 0.3) is 5.88 Å². The summed E-state index contributed by atoms with van der Waals surface area (Å²) in [6.07, 6.45) is -1.69. The summed E-state index contributed by atoms with van der Waals surface area (Å²) in [6, 6.07) is 10.9. The molecule has 1 unspecified atom stereocenters. The van der Waals surface area contributed by atoms with Crippen LogP contribution in [-0.2, 0) is 4.79 Å². The Bertz CT molecular complexity index is 1210. The molecule has 0 saturated heterocycles. The molecule has 0 aromatic heterocycles. The molecule has 3 rings (SSSR count). The van der Waals surface area contributed by atoms with Crippen molar-refractivity contribution in [3.8, 4) is 11.5 Å². The van der Waals surface area contributed by atoms with Crippen LogP contribution < -0.4 is 31.3 Å². The molecule has 35 heavy (non-hydrogen) atoms. The number of carboxylic acid groups (broad SMARTS) is 1. The van der Waals surface area contributed by atoms with Gasteiger partial charge in [0, 0.05) is 37.0 Å². The maximum Gasteiger partial charge on any atom is 0.319 e. The predicted octanol–water partition coefficient (Wildman–Crippen LogP) is 2.69. The van der Waals surface area contributed by atoms with Crippen molar-refractivity contribution >= 4 is 23.2 Å². The molecule has 1 heterocycles. The van der Waals surface area contributed by atoms with Crippen LogP contribution in [0.4, 0.5) is 20.2 Å². The Morgan fingerprint density at radius 2 is 1.97 bits per heavy atom. The van der Waals surface area contributed by atoms with Gasteiger partial charge >= 0.3 is 5.97 Å². The number of hydrogen-bond donors (Lipinski definition) is 5. The van der Waals surface area contributed by atoms with Gasteiger partial charge in [-0.05, 0) is 37.3 Å². The fourth-order valence-corrected chi connectivity index (χ4v) is 3.14. The highest BCUT2D eigenvalue weighted by molar-refractivity contribution is 5.95. The van der Waals surface area contributed by atoms with Gasteiger partial charge in [0.15, 0.2) is 11.7 Å². The number of nitrogens with one attached hydrogen (secondary N) is 2. The van der Waals surface area contributed by atoms with E-state index in [0.717, 1.165) is 10.7 Å². The number of nitrogen functional groups attached to an aromatic ring is 2. The summed E-state index contributed by atoms with van der Waals surface area (Å²) in [4.78, 5) is 13.0. The summed E-state index contributed by atoms with van der Waals surface area (Å²) in [5, 5.41) is 17.6. The third-order valence-corrected chi connectivity index (χ3v) is 5.06. The van der Waals surface area contributed by atoms with E-state index in [2.05, 4.69) is 5.43 Å². The third kappa shape index (κ3) is 5.61. The van der Waals surface area contributed by atoms with Crippen LogP contribution >= 0.6 is 0 Å².